The van der Waals surface area contributed by atoms with Crippen LogP contribution in [0.2, 0.25) is 10.0 Å². The third-order valence-corrected chi connectivity index (χ3v) is 6.79. The summed E-state index contributed by atoms with van der Waals surface area (Å²) < 4.78 is 77.3. The van der Waals surface area contributed by atoms with Gasteiger partial charge in [0.2, 0.25) is 0 Å². The number of hydrogen-bond acceptors (Lipinski definition) is 5. The third-order valence-electron chi connectivity index (χ3n) is 6.21. The largest absolute Gasteiger partial charge is 0.417 e. The van der Waals surface area contributed by atoms with E-state index in [1.165, 1.54) is 24.1 Å². The summed E-state index contributed by atoms with van der Waals surface area (Å²) in [5.41, 5.74) is -1.82. The predicted octanol–water partition coefficient (Wildman–Crippen LogP) is 6.10. The molecule has 3 aromatic heterocycles. The minimum Gasteiger partial charge on any atom is -0.356 e. The van der Waals surface area contributed by atoms with E-state index in [0.29, 0.717) is 18.5 Å². The monoisotopic (exact) mass is 593 g/mol. The van der Waals surface area contributed by atoms with Crippen LogP contribution in [-0.4, -0.2) is 57.7 Å². The van der Waals surface area contributed by atoms with Crippen LogP contribution in [0.5, 0.6) is 0 Å². The molecule has 1 N–H and O–H groups in total. The number of H-pyrrole nitrogens is 1. The zero-order valence-corrected chi connectivity index (χ0v) is 21.5. The molecule has 39 heavy (non-hydrogen) atoms. The van der Waals surface area contributed by atoms with E-state index in [9.17, 15) is 35.9 Å². The zero-order chi connectivity index (χ0) is 28.7. The van der Waals surface area contributed by atoms with E-state index in [4.69, 9.17) is 23.2 Å². The molecule has 4 rings (SSSR count). The van der Waals surface area contributed by atoms with Crippen molar-refractivity contribution in [3.8, 4) is 0 Å². The topological polar surface area (TPSA) is 82.2 Å². The molecule has 0 radical (unpaired) electrons. The first-order valence-electron chi connectivity index (χ1n) is 11.4. The Balaban J connectivity index is 1.40. The SMILES string of the molecule is C[C@@H](C(=O)c1c[nH]c(C(=O)N2CCN(c3ncc(C(F)(F)F)cc3Cl)CC2)c1)c1ncc(C(F)(F)F)cc1Cl. The lowest BCUT2D eigenvalue weighted by Crippen LogP contribution is -2.49. The molecule has 0 unspecified atom stereocenters. The number of carbonyl (C=O) groups is 2. The zero-order valence-electron chi connectivity index (χ0n) is 20.0. The highest BCUT2D eigenvalue weighted by Gasteiger charge is 2.34. The number of aromatic nitrogens is 3. The minimum atomic E-state index is -4.63. The highest BCUT2D eigenvalue weighted by atomic mass is 35.5. The number of nitrogens with zero attached hydrogens (tertiary/aromatic N) is 4. The Bertz CT molecular complexity index is 1400. The lowest BCUT2D eigenvalue weighted by molar-refractivity contribution is -0.138. The van der Waals surface area contributed by atoms with Crippen molar-refractivity contribution in [2.45, 2.75) is 25.2 Å². The van der Waals surface area contributed by atoms with Crippen LogP contribution in [0, 0.1) is 0 Å². The molecule has 1 atom stereocenters. The third kappa shape index (κ3) is 6.14. The van der Waals surface area contributed by atoms with E-state index in [1.807, 2.05) is 0 Å². The summed E-state index contributed by atoms with van der Waals surface area (Å²) >= 11 is 12.0. The molecule has 1 amide bonds. The molecule has 3 aromatic rings. The summed E-state index contributed by atoms with van der Waals surface area (Å²) in [6.45, 7) is 2.37. The van der Waals surface area contributed by atoms with Crippen molar-refractivity contribution < 1.29 is 35.9 Å². The predicted molar refractivity (Wildman–Crippen MR) is 130 cm³/mol. The quantitative estimate of drug-likeness (QED) is 0.286. The average Bonchev–Trinajstić information content (AvgIpc) is 3.37. The van der Waals surface area contributed by atoms with Gasteiger partial charge in [-0.15, -0.1) is 0 Å². The van der Waals surface area contributed by atoms with Crippen LogP contribution >= 0.6 is 23.2 Å². The second-order valence-corrected chi connectivity index (χ2v) is 9.60. The first-order chi connectivity index (χ1) is 18.2. The number of halogens is 8. The molecular weight excluding hydrogens is 575 g/mol. The maximum absolute atomic E-state index is 13.0. The van der Waals surface area contributed by atoms with E-state index < -0.39 is 41.1 Å². The maximum Gasteiger partial charge on any atom is 0.417 e. The molecule has 0 bridgehead atoms. The fourth-order valence-corrected chi connectivity index (χ4v) is 4.68. The number of pyridine rings is 2. The van der Waals surface area contributed by atoms with E-state index >= 15 is 0 Å². The normalized spacial score (nSPS) is 15.4. The fourth-order valence-electron chi connectivity index (χ4n) is 4.07. The molecule has 1 aliphatic rings. The van der Waals surface area contributed by atoms with E-state index in [1.54, 1.807) is 4.90 Å². The van der Waals surface area contributed by atoms with Gasteiger partial charge in [-0.25, -0.2) is 4.98 Å². The number of aromatic amines is 1. The van der Waals surface area contributed by atoms with Gasteiger partial charge in [0.1, 0.15) is 11.5 Å². The number of ketones is 1. The number of amides is 1. The second-order valence-electron chi connectivity index (χ2n) is 8.78. The van der Waals surface area contributed by atoms with Crippen molar-refractivity contribution in [3.63, 3.8) is 0 Å². The van der Waals surface area contributed by atoms with Crippen LogP contribution in [-0.2, 0) is 12.4 Å². The van der Waals surface area contributed by atoms with Crippen LogP contribution in [0.25, 0.3) is 0 Å². The number of alkyl halides is 6. The van der Waals surface area contributed by atoms with Crippen molar-refractivity contribution in [3.05, 3.63) is 74.9 Å². The molecule has 0 aromatic carbocycles. The van der Waals surface area contributed by atoms with Crippen molar-refractivity contribution in [2.75, 3.05) is 31.1 Å². The fraction of sp³-hybridized carbons (Fsp3) is 0.333. The van der Waals surface area contributed by atoms with Crippen LogP contribution in [0.3, 0.4) is 0 Å². The minimum absolute atomic E-state index is 0.0320. The van der Waals surface area contributed by atoms with Gasteiger partial charge in [-0.3, -0.25) is 14.6 Å². The summed E-state index contributed by atoms with van der Waals surface area (Å²) in [4.78, 5) is 39.4. The lowest BCUT2D eigenvalue weighted by Gasteiger charge is -2.35. The van der Waals surface area contributed by atoms with Gasteiger partial charge < -0.3 is 14.8 Å². The van der Waals surface area contributed by atoms with Gasteiger partial charge in [0.05, 0.1) is 32.8 Å². The van der Waals surface area contributed by atoms with Crippen molar-refractivity contribution in [1.82, 2.24) is 19.9 Å². The Morgan fingerprint density at radius 2 is 1.46 bits per heavy atom. The van der Waals surface area contributed by atoms with E-state index in [0.717, 1.165) is 6.07 Å². The van der Waals surface area contributed by atoms with Crippen molar-refractivity contribution >= 4 is 40.7 Å². The Kier molecular flexibility index (Phi) is 7.86. The molecule has 1 saturated heterocycles. The summed E-state index contributed by atoms with van der Waals surface area (Å²) in [5.74, 6) is -1.73. The molecule has 1 aliphatic heterocycles. The Morgan fingerprint density at radius 1 is 0.897 bits per heavy atom. The van der Waals surface area contributed by atoms with Gasteiger partial charge in [-0.05, 0) is 25.1 Å². The van der Waals surface area contributed by atoms with E-state index in [2.05, 4.69) is 15.0 Å². The smallest absolute Gasteiger partial charge is 0.356 e. The maximum atomic E-state index is 13.0. The number of Topliss-reactive ketones (excluding diaryl/α,β-unsaturated/α-hetero) is 1. The van der Waals surface area contributed by atoms with Gasteiger partial charge in [0.25, 0.3) is 5.91 Å². The van der Waals surface area contributed by atoms with Crippen LogP contribution in [0.4, 0.5) is 32.2 Å². The number of nitrogens with one attached hydrogen (secondary N) is 1. The van der Waals surface area contributed by atoms with Gasteiger partial charge in [0, 0.05) is 50.3 Å². The average molecular weight is 594 g/mol. The number of rotatable bonds is 5. The molecule has 208 valence electrons. The van der Waals surface area contributed by atoms with Crippen molar-refractivity contribution in [1.29, 1.82) is 0 Å². The van der Waals surface area contributed by atoms with Gasteiger partial charge in [-0.1, -0.05) is 23.2 Å². The molecule has 15 heteroatoms. The highest BCUT2D eigenvalue weighted by molar-refractivity contribution is 6.33. The first-order valence-corrected chi connectivity index (χ1v) is 12.1. The van der Waals surface area contributed by atoms with Crippen LogP contribution in [0.1, 0.15) is 50.5 Å². The number of anilines is 1. The summed E-state index contributed by atoms with van der Waals surface area (Å²) in [6, 6.07) is 2.83. The second kappa shape index (κ2) is 10.7. The molecule has 0 spiro atoms. The van der Waals surface area contributed by atoms with Crippen molar-refractivity contribution in [2.24, 2.45) is 0 Å². The molecule has 0 saturated carbocycles. The summed E-state index contributed by atoms with van der Waals surface area (Å²) in [5, 5.41) is -0.466. The number of hydrogen-bond donors (Lipinski definition) is 1. The van der Waals surface area contributed by atoms with Gasteiger partial charge in [-0.2, -0.15) is 26.3 Å². The Morgan fingerprint density at radius 3 is 2.00 bits per heavy atom. The molecular formula is C24H19Cl2F6N5O2. The summed E-state index contributed by atoms with van der Waals surface area (Å²) in [6.07, 6.45) is -6.60. The Labute approximate surface area is 227 Å². The molecule has 0 aliphatic carbocycles. The molecule has 4 heterocycles. The number of carbonyl (C=O) groups excluding carboxylic acids is 2. The van der Waals surface area contributed by atoms with Crippen LogP contribution in [0.15, 0.2) is 36.8 Å². The first kappa shape index (κ1) is 28.7. The highest BCUT2D eigenvalue weighted by Crippen LogP contribution is 2.35. The number of piperazine rings is 1. The lowest BCUT2D eigenvalue weighted by atomic mass is 9.97. The van der Waals surface area contributed by atoms with Gasteiger partial charge in [0.15, 0.2) is 5.78 Å². The Hall–Kier alpha value is -3.32. The molecule has 1 fully saturated rings. The van der Waals surface area contributed by atoms with Crippen LogP contribution < -0.4 is 4.90 Å². The van der Waals surface area contributed by atoms with E-state index in [-0.39, 0.29) is 59.0 Å². The summed E-state index contributed by atoms with van der Waals surface area (Å²) in [7, 11) is 0. The standard InChI is InChI=1S/C24H19Cl2F6N5O2/c1-12(19-16(25)7-14(10-34-19)23(27,28)29)20(38)13-6-18(33-9-13)22(39)37-4-2-36(3-5-37)21-17(26)8-15(11-35-21)24(30,31)32/h6-12,33H,2-5H2,1H3/t12-/m1/s1. The van der Waals surface area contributed by atoms with Gasteiger partial charge >= 0.3 is 12.4 Å². The molecule has 7 nitrogen and oxygen atoms in total.